The topological polar surface area (TPSA) is 23.6 Å². The van der Waals surface area contributed by atoms with Crippen LogP contribution < -0.4 is 4.90 Å². The minimum atomic E-state index is 0.156. The maximum Gasteiger partial charge on any atom is 0.253 e. The summed E-state index contributed by atoms with van der Waals surface area (Å²) in [4.78, 5) is 17.1. The van der Waals surface area contributed by atoms with Crippen molar-refractivity contribution < 1.29 is 4.79 Å². The Morgan fingerprint density at radius 3 is 2.28 bits per heavy atom. The van der Waals surface area contributed by atoms with Crippen molar-refractivity contribution in [2.24, 2.45) is 0 Å². The van der Waals surface area contributed by atoms with Gasteiger partial charge in [0.15, 0.2) is 0 Å². The van der Waals surface area contributed by atoms with E-state index in [1.54, 1.807) is 0 Å². The highest BCUT2D eigenvalue weighted by Crippen LogP contribution is 2.24. The molecule has 3 nitrogen and oxygen atoms in total. The van der Waals surface area contributed by atoms with Gasteiger partial charge in [-0.05, 0) is 55.2 Å². The molecule has 1 saturated heterocycles. The zero-order valence-corrected chi connectivity index (χ0v) is 15.6. The molecule has 3 rings (SSSR count). The van der Waals surface area contributed by atoms with Crippen molar-refractivity contribution in [3.8, 4) is 0 Å². The van der Waals surface area contributed by atoms with Crippen LogP contribution in [0.3, 0.4) is 0 Å². The van der Waals surface area contributed by atoms with E-state index in [1.165, 1.54) is 22.4 Å². The Labute approximate surface area is 151 Å². The Morgan fingerprint density at radius 2 is 1.64 bits per heavy atom. The molecule has 1 heterocycles. The highest BCUT2D eigenvalue weighted by atomic mass is 16.2. The van der Waals surface area contributed by atoms with Crippen molar-refractivity contribution in [2.45, 2.75) is 33.6 Å². The first-order valence-electron chi connectivity index (χ1n) is 9.29. The van der Waals surface area contributed by atoms with E-state index >= 15 is 0 Å². The van der Waals surface area contributed by atoms with Gasteiger partial charge < -0.3 is 9.80 Å². The second kappa shape index (κ2) is 7.73. The van der Waals surface area contributed by atoms with Gasteiger partial charge >= 0.3 is 0 Å². The molecular formula is C22H28N2O. The van der Waals surface area contributed by atoms with Crippen molar-refractivity contribution in [1.82, 2.24) is 4.90 Å². The van der Waals surface area contributed by atoms with Crippen LogP contribution in [0, 0.1) is 13.8 Å². The number of aryl methyl sites for hydroxylation is 2. The van der Waals surface area contributed by atoms with Gasteiger partial charge in [-0.2, -0.15) is 0 Å². The zero-order chi connectivity index (χ0) is 17.8. The number of carbonyl (C=O) groups excluding carboxylic acids is 1. The number of amides is 1. The monoisotopic (exact) mass is 336 g/mol. The summed E-state index contributed by atoms with van der Waals surface area (Å²) in [5, 5.41) is 0. The Bertz CT molecular complexity index is 728. The second-order valence-electron chi connectivity index (χ2n) is 6.95. The maximum atomic E-state index is 12.7. The minimum Gasteiger partial charge on any atom is -0.368 e. The molecule has 2 aromatic rings. The van der Waals surface area contributed by atoms with Crippen LogP contribution in [0.2, 0.25) is 0 Å². The van der Waals surface area contributed by atoms with E-state index in [9.17, 15) is 4.79 Å². The van der Waals surface area contributed by atoms with Crippen molar-refractivity contribution in [3.05, 3.63) is 64.7 Å². The van der Waals surface area contributed by atoms with Crippen molar-refractivity contribution in [2.75, 3.05) is 31.1 Å². The van der Waals surface area contributed by atoms with Gasteiger partial charge in [0.05, 0.1) is 0 Å². The number of piperazine rings is 1. The molecule has 0 aliphatic carbocycles. The molecule has 0 spiro atoms. The summed E-state index contributed by atoms with van der Waals surface area (Å²) in [5.41, 5.74) is 6.08. The van der Waals surface area contributed by atoms with Gasteiger partial charge in [0, 0.05) is 37.4 Å². The molecule has 3 heteroatoms. The van der Waals surface area contributed by atoms with E-state index in [0.29, 0.717) is 0 Å². The third kappa shape index (κ3) is 3.87. The van der Waals surface area contributed by atoms with Gasteiger partial charge in [-0.25, -0.2) is 0 Å². The van der Waals surface area contributed by atoms with Crippen LogP contribution in [0.1, 0.15) is 40.4 Å². The summed E-state index contributed by atoms with van der Waals surface area (Å²) in [6, 6.07) is 14.6. The maximum absolute atomic E-state index is 12.7. The lowest BCUT2D eigenvalue weighted by Gasteiger charge is -2.37. The fourth-order valence-electron chi connectivity index (χ4n) is 3.51. The number of carbonyl (C=O) groups is 1. The summed E-state index contributed by atoms with van der Waals surface area (Å²) >= 11 is 0. The van der Waals surface area contributed by atoms with Gasteiger partial charge in [-0.15, -0.1) is 0 Å². The third-order valence-electron chi connectivity index (χ3n) is 5.22. The summed E-state index contributed by atoms with van der Waals surface area (Å²) in [6.45, 7) is 9.86. The van der Waals surface area contributed by atoms with E-state index in [2.05, 4.69) is 56.0 Å². The Balaban J connectivity index is 1.63. The molecule has 0 radical (unpaired) electrons. The molecule has 1 amide bonds. The molecule has 2 aromatic carbocycles. The standard InChI is InChI=1S/C22H28N2O/c1-4-6-19-9-11-20(12-10-19)22(25)24-15-13-23(14-16-24)21-8-5-7-17(2)18(21)3/h5,7-12H,4,6,13-16H2,1-3H3. The molecule has 0 atom stereocenters. The molecule has 25 heavy (non-hydrogen) atoms. The van der Waals surface area contributed by atoms with Gasteiger partial charge in [-0.3, -0.25) is 4.79 Å². The fourth-order valence-corrected chi connectivity index (χ4v) is 3.51. The highest BCUT2D eigenvalue weighted by molar-refractivity contribution is 5.94. The van der Waals surface area contributed by atoms with Gasteiger partial charge in [0.1, 0.15) is 0 Å². The van der Waals surface area contributed by atoms with Gasteiger partial charge in [-0.1, -0.05) is 37.6 Å². The van der Waals surface area contributed by atoms with Crippen molar-refractivity contribution in [3.63, 3.8) is 0 Å². The summed E-state index contributed by atoms with van der Waals surface area (Å²) < 4.78 is 0. The fraction of sp³-hybridized carbons (Fsp3) is 0.409. The highest BCUT2D eigenvalue weighted by Gasteiger charge is 2.23. The van der Waals surface area contributed by atoms with E-state index in [-0.39, 0.29) is 5.91 Å². The lowest BCUT2D eigenvalue weighted by Crippen LogP contribution is -2.49. The number of rotatable bonds is 4. The lowest BCUT2D eigenvalue weighted by molar-refractivity contribution is 0.0747. The molecule has 1 fully saturated rings. The Morgan fingerprint density at radius 1 is 0.960 bits per heavy atom. The SMILES string of the molecule is CCCc1ccc(C(=O)N2CCN(c3cccc(C)c3C)CC2)cc1. The first-order valence-corrected chi connectivity index (χ1v) is 9.29. The number of benzene rings is 2. The lowest BCUT2D eigenvalue weighted by atomic mass is 10.1. The summed E-state index contributed by atoms with van der Waals surface area (Å²) in [6.07, 6.45) is 2.20. The number of nitrogens with zero attached hydrogens (tertiary/aromatic N) is 2. The molecular weight excluding hydrogens is 308 g/mol. The minimum absolute atomic E-state index is 0.156. The average molecular weight is 336 g/mol. The molecule has 0 aromatic heterocycles. The number of hydrogen-bond donors (Lipinski definition) is 0. The summed E-state index contributed by atoms with van der Waals surface area (Å²) in [5.74, 6) is 0.156. The number of anilines is 1. The molecule has 1 aliphatic heterocycles. The first-order chi connectivity index (χ1) is 12.1. The molecule has 0 N–H and O–H groups in total. The molecule has 0 unspecified atom stereocenters. The summed E-state index contributed by atoms with van der Waals surface area (Å²) in [7, 11) is 0. The quantitative estimate of drug-likeness (QED) is 0.835. The number of hydrogen-bond acceptors (Lipinski definition) is 2. The van der Waals surface area contributed by atoms with E-state index in [0.717, 1.165) is 44.6 Å². The van der Waals surface area contributed by atoms with Crippen LogP contribution in [0.15, 0.2) is 42.5 Å². The first kappa shape index (κ1) is 17.5. The van der Waals surface area contributed by atoms with Crippen LogP contribution in [-0.2, 0) is 6.42 Å². The van der Waals surface area contributed by atoms with Crippen LogP contribution >= 0.6 is 0 Å². The van der Waals surface area contributed by atoms with Crippen LogP contribution in [0.4, 0.5) is 5.69 Å². The predicted molar refractivity (Wildman–Crippen MR) is 104 cm³/mol. The van der Waals surface area contributed by atoms with E-state index < -0.39 is 0 Å². The third-order valence-corrected chi connectivity index (χ3v) is 5.22. The second-order valence-corrected chi connectivity index (χ2v) is 6.95. The average Bonchev–Trinajstić information content (AvgIpc) is 2.64. The molecule has 0 saturated carbocycles. The molecule has 0 bridgehead atoms. The largest absolute Gasteiger partial charge is 0.368 e. The zero-order valence-electron chi connectivity index (χ0n) is 15.6. The molecule has 132 valence electrons. The van der Waals surface area contributed by atoms with Crippen LogP contribution in [0.5, 0.6) is 0 Å². The van der Waals surface area contributed by atoms with E-state index in [1.807, 2.05) is 17.0 Å². The normalized spacial score (nSPS) is 14.7. The van der Waals surface area contributed by atoms with Gasteiger partial charge in [0.2, 0.25) is 0 Å². The molecule has 1 aliphatic rings. The smallest absolute Gasteiger partial charge is 0.253 e. The van der Waals surface area contributed by atoms with Gasteiger partial charge in [0.25, 0.3) is 5.91 Å². The van der Waals surface area contributed by atoms with E-state index in [4.69, 9.17) is 0 Å². The van der Waals surface area contributed by atoms with Crippen LogP contribution in [0.25, 0.3) is 0 Å². The van der Waals surface area contributed by atoms with Crippen LogP contribution in [-0.4, -0.2) is 37.0 Å². The van der Waals surface area contributed by atoms with Crippen molar-refractivity contribution >= 4 is 11.6 Å². The Hall–Kier alpha value is -2.29. The predicted octanol–water partition coefficient (Wildman–Crippen LogP) is 4.22. The Kier molecular flexibility index (Phi) is 5.42. The van der Waals surface area contributed by atoms with Crippen molar-refractivity contribution in [1.29, 1.82) is 0 Å².